The van der Waals surface area contributed by atoms with Gasteiger partial charge in [0, 0.05) is 5.41 Å². The maximum atomic E-state index is 11.7. The van der Waals surface area contributed by atoms with Gasteiger partial charge in [0.15, 0.2) is 0 Å². The van der Waals surface area contributed by atoms with Crippen molar-refractivity contribution in [3.63, 3.8) is 0 Å². The molecule has 15 heavy (non-hydrogen) atoms. The number of fused-ring (bicyclic) bond motifs is 2. The SMILES string of the molecule is CC12CC(=S(=O)=O)C(C(=O)C1=O)C2(C)C. The lowest BCUT2D eigenvalue weighted by atomic mass is 9.70. The molecule has 2 fully saturated rings. The molecule has 2 aliphatic rings. The first-order valence-electron chi connectivity index (χ1n) is 4.77. The van der Waals surface area contributed by atoms with E-state index in [0.29, 0.717) is 0 Å². The lowest BCUT2D eigenvalue weighted by Crippen LogP contribution is -2.35. The zero-order valence-electron chi connectivity index (χ0n) is 8.83. The first-order valence-corrected chi connectivity index (χ1v) is 5.84. The number of hydrogen-bond acceptors (Lipinski definition) is 4. The highest BCUT2D eigenvalue weighted by molar-refractivity contribution is 7.73. The van der Waals surface area contributed by atoms with Crippen LogP contribution in [0.4, 0.5) is 0 Å². The average Bonchev–Trinajstić information content (AvgIpc) is 2.39. The van der Waals surface area contributed by atoms with Crippen LogP contribution in [0, 0.1) is 16.7 Å². The molecule has 2 rings (SSSR count). The Hall–Kier alpha value is -0.970. The first kappa shape index (κ1) is 10.5. The van der Waals surface area contributed by atoms with E-state index in [-0.39, 0.29) is 11.3 Å². The van der Waals surface area contributed by atoms with Crippen molar-refractivity contribution in [2.45, 2.75) is 27.2 Å². The summed E-state index contributed by atoms with van der Waals surface area (Å²) >= 11 is 0. The molecule has 2 aliphatic carbocycles. The second-order valence-electron chi connectivity index (χ2n) is 5.06. The van der Waals surface area contributed by atoms with Gasteiger partial charge in [0.2, 0.25) is 21.9 Å². The van der Waals surface area contributed by atoms with Crippen LogP contribution in [0.3, 0.4) is 0 Å². The Balaban J connectivity index is 2.77. The molecular weight excluding hydrogens is 216 g/mol. The Morgan fingerprint density at radius 3 is 2.07 bits per heavy atom. The van der Waals surface area contributed by atoms with E-state index in [2.05, 4.69) is 0 Å². The van der Waals surface area contributed by atoms with Gasteiger partial charge in [-0.05, 0) is 11.8 Å². The summed E-state index contributed by atoms with van der Waals surface area (Å²) in [4.78, 5) is 23.6. The van der Waals surface area contributed by atoms with Gasteiger partial charge in [0.25, 0.3) is 0 Å². The highest BCUT2D eigenvalue weighted by Crippen LogP contribution is 2.60. The van der Waals surface area contributed by atoms with Crippen molar-refractivity contribution in [2.24, 2.45) is 16.7 Å². The minimum atomic E-state index is -2.35. The molecule has 2 saturated carbocycles. The van der Waals surface area contributed by atoms with Crippen LogP contribution in [0.1, 0.15) is 27.2 Å². The van der Waals surface area contributed by atoms with E-state index in [4.69, 9.17) is 0 Å². The summed E-state index contributed by atoms with van der Waals surface area (Å²) in [7, 11) is -2.35. The number of carbonyl (C=O) groups excluding carboxylic acids is 2. The number of hydrogen-bond donors (Lipinski definition) is 0. The normalized spacial score (nSPS) is 37.5. The van der Waals surface area contributed by atoms with Gasteiger partial charge >= 0.3 is 0 Å². The third-order valence-electron chi connectivity index (χ3n) is 4.19. The van der Waals surface area contributed by atoms with E-state index < -0.39 is 38.6 Å². The lowest BCUT2D eigenvalue weighted by Gasteiger charge is -2.30. The summed E-state index contributed by atoms with van der Waals surface area (Å²) in [5.41, 5.74) is -1.40. The van der Waals surface area contributed by atoms with Crippen molar-refractivity contribution >= 4 is 26.7 Å². The number of ketones is 2. The quantitative estimate of drug-likeness (QED) is 0.440. The molecule has 2 unspecified atom stereocenters. The van der Waals surface area contributed by atoms with Crippen molar-refractivity contribution in [1.29, 1.82) is 0 Å². The van der Waals surface area contributed by atoms with Gasteiger partial charge in [-0.15, -0.1) is 0 Å². The summed E-state index contributed by atoms with van der Waals surface area (Å²) < 4.78 is 21.9. The van der Waals surface area contributed by atoms with Gasteiger partial charge in [0.1, 0.15) is 0 Å². The van der Waals surface area contributed by atoms with Crippen LogP contribution in [0.25, 0.3) is 0 Å². The van der Waals surface area contributed by atoms with Crippen LogP contribution in [0.5, 0.6) is 0 Å². The number of rotatable bonds is 0. The van der Waals surface area contributed by atoms with Gasteiger partial charge in [-0.1, -0.05) is 20.8 Å². The maximum Gasteiger partial charge on any atom is 0.213 e. The monoisotopic (exact) mass is 228 g/mol. The first-order chi connectivity index (χ1) is 6.73. The molecule has 0 aromatic heterocycles. The minimum Gasteiger partial charge on any atom is -0.290 e. The highest BCUT2D eigenvalue weighted by atomic mass is 32.2. The second-order valence-corrected chi connectivity index (χ2v) is 6.05. The van der Waals surface area contributed by atoms with Crippen LogP contribution in [0.2, 0.25) is 0 Å². The fourth-order valence-electron chi connectivity index (χ4n) is 2.80. The Labute approximate surface area is 89.2 Å². The zero-order chi connectivity index (χ0) is 11.6. The van der Waals surface area contributed by atoms with Crippen LogP contribution in [-0.4, -0.2) is 24.8 Å². The highest BCUT2D eigenvalue weighted by Gasteiger charge is 2.69. The van der Waals surface area contributed by atoms with E-state index in [1.165, 1.54) is 0 Å². The van der Waals surface area contributed by atoms with Crippen molar-refractivity contribution in [3.05, 3.63) is 0 Å². The van der Waals surface area contributed by atoms with Crippen molar-refractivity contribution in [3.8, 4) is 0 Å². The van der Waals surface area contributed by atoms with E-state index in [9.17, 15) is 18.0 Å². The summed E-state index contributed by atoms with van der Waals surface area (Å²) in [6, 6.07) is 0. The van der Waals surface area contributed by atoms with E-state index in [1.54, 1.807) is 20.8 Å². The summed E-state index contributed by atoms with van der Waals surface area (Å²) in [5, 5.41) is 0. The van der Waals surface area contributed by atoms with Gasteiger partial charge in [0.05, 0.1) is 10.8 Å². The molecule has 4 nitrogen and oxygen atoms in total. The van der Waals surface area contributed by atoms with Crippen molar-refractivity contribution in [2.75, 3.05) is 0 Å². The van der Waals surface area contributed by atoms with Gasteiger partial charge in [-0.3, -0.25) is 9.59 Å². The lowest BCUT2D eigenvalue weighted by molar-refractivity contribution is -0.139. The summed E-state index contributed by atoms with van der Waals surface area (Å²) in [6.07, 6.45) is 0.200. The molecule has 0 aromatic rings. The van der Waals surface area contributed by atoms with E-state index in [1.807, 2.05) is 0 Å². The van der Waals surface area contributed by atoms with Gasteiger partial charge in [-0.2, -0.15) is 8.42 Å². The fraction of sp³-hybridized carbons (Fsp3) is 0.700. The molecule has 0 saturated heterocycles. The molecule has 82 valence electrons. The maximum absolute atomic E-state index is 11.7. The molecule has 0 spiro atoms. The van der Waals surface area contributed by atoms with E-state index >= 15 is 0 Å². The zero-order valence-corrected chi connectivity index (χ0v) is 9.64. The van der Waals surface area contributed by atoms with Gasteiger partial charge < -0.3 is 0 Å². The molecule has 2 bridgehead atoms. The van der Waals surface area contributed by atoms with Crippen LogP contribution in [-0.2, 0) is 19.9 Å². The Morgan fingerprint density at radius 1 is 1.20 bits per heavy atom. The summed E-state index contributed by atoms with van der Waals surface area (Å²) in [6.45, 7) is 5.27. The largest absolute Gasteiger partial charge is 0.290 e. The molecular formula is C10H12O4S. The number of carbonyl (C=O) groups is 2. The smallest absolute Gasteiger partial charge is 0.213 e. The van der Waals surface area contributed by atoms with Crippen molar-refractivity contribution < 1.29 is 18.0 Å². The predicted molar refractivity (Wildman–Crippen MR) is 53.9 cm³/mol. The molecule has 0 N–H and O–H groups in total. The van der Waals surface area contributed by atoms with Crippen molar-refractivity contribution in [1.82, 2.24) is 0 Å². The third kappa shape index (κ3) is 0.942. The third-order valence-corrected chi connectivity index (χ3v) is 5.00. The second kappa shape index (κ2) is 2.58. The fourth-order valence-corrected chi connectivity index (χ4v) is 3.81. The van der Waals surface area contributed by atoms with Crippen LogP contribution < -0.4 is 0 Å². The van der Waals surface area contributed by atoms with Crippen LogP contribution >= 0.6 is 0 Å². The molecule has 5 heteroatoms. The topological polar surface area (TPSA) is 68.3 Å². The molecule has 0 heterocycles. The Kier molecular flexibility index (Phi) is 1.81. The summed E-state index contributed by atoms with van der Waals surface area (Å²) in [5.74, 6) is -1.67. The Bertz CT molecular complexity index is 504. The van der Waals surface area contributed by atoms with Crippen LogP contribution in [0.15, 0.2) is 0 Å². The standard InChI is InChI=1S/C10H12O4S/c1-9(2)6-5(15(13)14)4-10(9,3)8(12)7(6)11/h6H,4H2,1-3H3. The molecule has 0 amide bonds. The number of Topliss-reactive ketones (excluding diaryl/α,β-unsaturated/α-hetero) is 2. The van der Waals surface area contributed by atoms with Gasteiger partial charge in [-0.25, -0.2) is 0 Å². The Morgan fingerprint density at radius 2 is 1.73 bits per heavy atom. The average molecular weight is 228 g/mol. The molecule has 2 atom stereocenters. The van der Waals surface area contributed by atoms with E-state index in [0.717, 1.165) is 0 Å². The molecule has 0 radical (unpaired) electrons. The minimum absolute atomic E-state index is 0.200. The molecule has 0 aromatic carbocycles. The molecule has 0 aliphatic heterocycles. The predicted octanol–water partition coefficient (Wildman–Crippen LogP) is 0.242.